The molecule has 0 saturated carbocycles. The molecule has 1 aromatic rings. The van der Waals surface area contributed by atoms with Crippen LogP contribution in [0, 0.1) is 5.92 Å². The number of hydrogen-bond donors (Lipinski definition) is 1. The number of hydrogen-bond acceptors (Lipinski definition) is 7. The van der Waals surface area contributed by atoms with Crippen molar-refractivity contribution in [2.75, 3.05) is 13.2 Å². The Hall–Kier alpha value is -2.77. The van der Waals surface area contributed by atoms with Crippen molar-refractivity contribution in [2.45, 2.75) is 53.2 Å². The minimum atomic E-state index is -0.905. The summed E-state index contributed by atoms with van der Waals surface area (Å²) in [7, 11) is 0. The Morgan fingerprint density at radius 1 is 0.964 bits per heavy atom. The summed E-state index contributed by atoms with van der Waals surface area (Å²) in [5.74, 6) is -0.0827. The molecule has 0 saturated heterocycles. The number of ether oxygens (including phenoxy) is 4. The van der Waals surface area contributed by atoms with Gasteiger partial charge in [0.15, 0.2) is 0 Å². The smallest absolute Gasteiger partial charge is 0.461 e. The summed E-state index contributed by atoms with van der Waals surface area (Å²) >= 11 is 0. The molecule has 1 amide bonds. The van der Waals surface area contributed by atoms with Crippen molar-refractivity contribution in [3.63, 3.8) is 0 Å². The van der Waals surface area contributed by atoms with Crippen molar-refractivity contribution in [1.29, 1.82) is 0 Å². The first-order valence-electron chi connectivity index (χ1n) is 9.34. The van der Waals surface area contributed by atoms with Crippen LogP contribution in [0.3, 0.4) is 0 Å². The molecule has 156 valence electrons. The molecule has 2 atom stereocenters. The van der Waals surface area contributed by atoms with Gasteiger partial charge in [0.25, 0.3) is 0 Å². The number of nitrogens with one attached hydrogen (secondary N) is 1. The van der Waals surface area contributed by atoms with Gasteiger partial charge in [-0.05, 0) is 44.4 Å². The van der Waals surface area contributed by atoms with E-state index in [0.29, 0.717) is 5.75 Å². The molecule has 0 bridgehead atoms. The lowest BCUT2D eigenvalue weighted by Gasteiger charge is -2.22. The molecular formula is C20H29NO7. The van der Waals surface area contributed by atoms with Crippen LogP contribution in [0.1, 0.15) is 40.2 Å². The van der Waals surface area contributed by atoms with Gasteiger partial charge in [-0.1, -0.05) is 26.0 Å². The lowest BCUT2D eigenvalue weighted by atomic mass is 10.1. The van der Waals surface area contributed by atoms with E-state index in [-0.39, 0.29) is 31.7 Å². The lowest BCUT2D eigenvalue weighted by Crippen LogP contribution is -2.44. The minimum Gasteiger partial charge on any atom is -0.461 e. The van der Waals surface area contributed by atoms with Gasteiger partial charge in [-0.15, -0.1) is 0 Å². The SMILES string of the molecule is CCOC(=O)NC(Cc1ccc(OC(=O)OCC)cc1)C(=O)O[C@@H](C)C(C)C. The predicted molar refractivity (Wildman–Crippen MR) is 102 cm³/mol. The van der Waals surface area contributed by atoms with Crippen LogP contribution in [0.2, 0.25) is 0 Å². The van der Waals surface area contributed by atoms with Crippen molar-refractivity contribution in [1.82, 2.24) is 5.32 Å². The Balaban J connectivity index is 2.82. The molecule has 0 aliphatic rings. The van der Waals surface area contributed by atoms with Crippen LogP contribution >= 0.6 is 0 Å². The maximum atomic E-state index is 12.5. The number of benzene rings is 1. The first-order valence-corrected chi connectivity index (χ1v) is 9.34. The largest absolute Gasteiger partial charge is 0.513 e. The Kier molecular flexibility index (Phi) is 9.84. The van der Waals surface area contributed by atoms with Crippen molar-refractivity contribution in [2.24, 2.45) is 5.92 Å². The van der Waals surface area contributed by atoms with Gasteiger partial charge in [0, 0.05) is 6.42 Å². The maximum Gasteiger partial charge on any atom is 0.513 e. The summed E-state index contributed by atoms with van der Waals surface area (Å²) < 4.78 is 20.0. The van der Waals surface area contributed by atoms with E-state index in [0.717, 1.165) is 5.56 Å². The molecule has 28 heavy (non-hydrogen) atoms. The molecule has 0 fully saturated rings. The third-order valence-corrected chi connectivity index (χ3v) is 3.92. The first-order chi connectivity index (χ1) is 13.3. The summed E-state index contributed by atoms with van der Waals surface area (Å²) in [4.78, 5) is 35.6. The minimum absolute atomic E-state index is 0.145. The predicted octanol–water partition coefficient (Wildman–Crippen LogP) is 3.47. The highest BCUT2D eigenvalue weighted by molar-refractivity contribution is 5.81. The monoisotopic (exact) mass is 395 g/mol. The van der Waals surface area contributed by atoms with Crippen LogP contribution in [0.5, 0.6) is 5.75 Å². The molecule has 8 heteroatoms. The van der Waals surface area contributed by atoms with E-state index in [1.54, 1.807) is 45.0 Å². The highest BCUT2D eigenvalue weighted by Crippen LogP contribution is 2.15. The molecular weight excluding hydrogens is 366 g/mol. The molecule has 1 aromatic carbocycles. The summed E-state index contributed by atoms with van der Waals surface area (Å²) in [5.41, 5.74) is 0.743. The van der Waals surface area contributed by atoms with E-state index in [9.17, 15) is 14.4 Å². The van der Waals surface area contributed by atoms with Gasteiger partial charge in [0.1, 0.15) is 17.9 Å². The third-order valence-electron chi connectivity index (χ3n) is 3.92. The van der Waals surface area contributed by atoms with Gasteiger partial charge in [-0.2, -0.15) is 0 Å². The average Bonchev–Trinajstić information content (AvgIpc) is 2.63. The van der Waals surface area contributed by atoms with E-state index in [2.05, 4.69) is 5.32 Å². The molecule has 1 unspecified atom stereocenters. The average molecular weight is 395 g/mol. The van der Waals surface area contributed by atoms with E-state index in [4.69, 9.17) is 18.9 Å². The number of carbonyl (C=O) groups excluding carboxylic acids is 3. The molecule has 0 heterocycles. The summed E-state index contributed by atoms with van der Waals surface area (Å²) in [6.45, 7) is 9.44. The second-order valence-corrected chi connectivity index (χ2v) is 6.44. The van der Waals surface area contributed by atoms with Crippen LogP contribution in [-0.4, -0.2) is 43.6 Å². The van der Waals surface area contributed by atoms with Gasteiger partial charge < -0.3 is 24.3 Å². The molecule has 0 aliphatic carbocycles. The Morgan fingerprint density at radius 2 is 1.57 bits per heavy atom. The normalized spacial score (nSPS) is 12.6. The first kappa shape index (κ1) is 23.3. The number of rotatable bonds is 9. The highest BCUT2D eigenvalue weighted by atomic mass is 16.7. The Morgan fingerprint density at radius 3 is 2.11 bits per heavy atom. The van der Waals surface area contributed by atoms with Gasteiger partial charge >= 0.3 is 18.2 Å². The molecule has 8 nitrogen and oxygen atoms in total. The second-order valence-electron chi connectivity index (χ2n) is 6.44. The lowest BCUT2D eigenvalue weighted by molar-refractivity contribution is -0.152. The van der Waals surface area contributed by atoms with Crippen LogP contribution in [0.15, 0.2) is 24.3 Å². The second kappa shape index (κ2) is 11.8. The van der Waals surface area contributed by atoms with Gasteiger partial charge in [-0.25, -0.2) is 14.4 Å². The van der Waals surface area contributed by atoms with Crippen LogP contribution < -0.4 is 10.1 Å². The molecule has 1 rings (SSSR count). The van der Waals surface area contributed by atoms with Gasteiger partial charge in [0.05, 0.1) is 13.2 Å². The molecule has 0 aromatic heterocycles. The molecule has 0 radical (unpaired) electrons. The molecule has 1 N–H and O–H groups in total. The Labute approximate surface area is 165 Å². The fourth-order valence-electron chi connectivity index (χ4n) is 2.08. The molecule has 0 spiro atoms. The molecule has 0 aliphatic heterocycles. The van der Waals surface area contributed by atoms with E-state index >= 15 is 0 Å². The number of carbonyl (C=O) groups is 3. The Bertz CT molecular complexity index is 642. The van der Waals surface area contributed by atoms with Crippen LogP contribution in [0.25, 0.3) is 0 Å². The van der Waals surface area contributed by atoms with Crippen molar-refractivity contribution in [3.8, 4) is 5.75 Å². The third kappa shape index (κ3) is 8.28. The standard InChI is InChI=1S/C20H29NO7/c1-6-25-19(23)21-17(18(22)27-14(5)13(3)4)12-15-8-10-16(11-9-15)28-20(24)26-7-2/h8-11,13-14,17H,6-7,12H2,1-5H3,(H,21,23)/t14-,17?/m0/s1. The number of alkyl carbamates (subject to hydrolysis) is 1. The van der Waals surface area contributed by atoms with Crippen LogP contribution in [0.4, 0.5) is 9.59 Å². The number of amides is 1. The van der Waals surface area contributed by atoms with Crippen molar-refractivity contribution < 1.29 is 33.3 Å². The van der Waals surface area contributed by atoms with Crippen molar-refractivity contribution in [3.05, 3.63) is 29.8 Å². The van der Waals surface area contributed by atoms with E-state index in [1.807, 2.05) is 13.8 Å². The summed E-state index contributed by atoms with van der Waals surface area (Å²) in [6, 6.07) is 5.63. The fourth-order valence-corrected chi connectivity index (χ4v) is 2.08. The van der Waals surface area contributed by atoms with E-state index < -0.39 is 24.3 Å². The zero-order valence-electron chi connectivity index (χ0n) is 17.0. The zero-order chi connectivity index (χ0) is 21.1. The quantitative estimate of drug-likeness (QED) is 0.388. The van der Waals surface area contributed by atoms with Crippen molar-refractivity contribution >= 4 is 18.2 Å². The summed E-state index contributed by atoms with van der Waals surface area (Å²) in [6.07, 6.45) is -1.58. The maximum absolute atomic E-state index is 12.5. The van der Waals surface area contributed by atoms with Gasteiger partial charge in [0.2, 0.25) is 0 Å². The fraction of sp³-hybridized carbons (Fsp3) is 0.550. The summed E-state index contributed by atoms with van der Waals surface area (Å²) in [5, 5.41) is 2.53. The highest BCUT2D eigenvalue weighted by Gasteiger charge is 2.26. The number of esters is 1. The van der Waals surface area contributed by atoms with Gasteiger partial charge in [-0.3, -0.25) is 0 Å². The van der Waals surface area contributed by atoms with E-state index in [1.165, 1.54) is 0 Å². The topological polar surface area (TPSA) is 100 Å². The van der Waals surface area contributed by atoms with Crippen LogP contribution in [-0.2, 0) is 25.4 Å². The zero-order valence-corrected chi connectivity index (χ0v) is 17.0.